The van der Waals surface area contributed by atoms with Crippen molar-refractivity contribution in [3.05, 3.63) is 53.6 Å². The summed E-state index contributed by atoms with van der Waals surface area (Å²) >= 11 is 0. The third-order valence-electron chi connectivity index (χ3n) is 4.23. The minimum Gasteiger partial charge on any atom is -0.476 e. The molecule has 1 heterocycles. The Bertz CT molecular complexity index is 1030. The van der Waals surface area contributed by atoms with Crippen molar-refractivity contribution in [2.24, 2.45) is 0 Å². The Balaban J connectivity index is 1.85. The van der Waals surface area contributed by atoms with Gasteiger partial charge in [0.2, 0.25) is 10.0 Å². The number of benzene rings is 2. The van der Waals surface area contributed by atoms with E-state index in [0.717, 1.165) is 16.1 Å². The van der Waals surface area contributed by atoms with Crippen molar-refractivity contribution >= 4 is 33.3 Å². The molecule has 148 valence electrons. The zero-order valence-electron chi connectivity index (χ0n) is 15.6. The number of carbonyl (C=O) groups is 2. The predicted molar refractivity (Wildman–Crippen MR) is 104 cm³/mol. The number of ether oxygens (including phenoxy) is 2. The zero-order chi connectivity index (χ0) is 20.5. The van der Waals surface area contributed by atoms with Gasteiger partial charge in [0.25, 0.3) is 5.91 Å². The maximum atomic E-state index is 12.7. The Labute approximate surface area is 163 Å². The summed E-state index contributed by atoms with van der Waals surface area (Å²) in [6, 6.07) is 11.4. The molecule has 1 atom stereocenters. The van der Waals surface area contributed by atoms with Crippen molar-refractivity contribution < 1.29 is 27.5 Å². The summed E-state index contributed by atoms with van der Waals surface area (Å²) in [5.74, 6) is -0.745. The number of hydrogen-bond donors (Lipinski definition) is 1. The quantitative estimate of drug-likeness (QED) is 0.782. The molecule has 0 aromatic heterocycles. The van der Waals surface area contributed by atoms with E-state index in [2.05, 4.69) is 10.1 Å². The summed E-state index contributed by atoms with van der Waals surface area (Å²) in [7, 11) is -2.34. The van der Waals surface area contributed by atoms with Crippen molar-refractivity contribution in [1.82, 2.24) is 0 Å². The topological polar surface area (TPSA) is 102 Å². The fourth-order valence-electron chi connectivity index (χ4n) is 2.88. The number of aryl methyl sites for hydroxylation is 1. The number of amides is 1. The van der Waals surface area contributed by atoms with Gasteiger partial charge in [0.05, 0.1) is 31.2 Å². The van der Waals surface area contributed by atoms with Crippen LogP contribution >= 0.6 is 0 Å². The monoisotopic (exact) mass is 404 g/mol. The number of methoxy groups -OCH3 is 1. The molecule has 3 rings (SSSR count). The van der Waals surface area contributed by atoms with E-state index in [-0.39, 0.29) is 12.1 Å². The van der Waals surface area contributed by atoms with E-state index in [9.17, 15) is 18.0 Å². The van der Waals surface area contributed by atoms with Gasteiger partial charge in [0, 0.05) is 5.69 Å². The summed E-state index contributed by atoms with van der Waals surface area (Å²) < 4.78 is 36.0. The molecule has 2 aromatic carbocycles. The molecule has 1 N–H and O–H groups in total. The van der Waals surface area contributed by atoms with Gasteiger partial charge in [-0.2, -0.15) is 0 Å². The van der Waals surface area contributed by atoms with Gasteiger partial charge in [-0.25, -0.2) is 13.2 Å². The second-order valence-corrected chi connectivity index (χ2v) is 8.34. The molecule has 8 nitrogen and oxygen atoms in total. The van der Waals surface area contributed by atoms with Crippen LogP contribution < -0.4 is 14.4 Å². The highest BCUT2D eigenvalue weighted by Gasteiger charge is 2.35. The second kappa shape index (κ2) is 7.51. The SMILES string of the molecule is COC(=O)c1cccc(NC(=O)[C@H]2CN(S(C)(=O)=O)c3cc(C)ccc3O2)c1. The summed E-state index contributed by atoms with van der Waals surface area (Å²) in [4.78, 5) is 24.3. The first-order chi connectivity index (χ1) is 13.2. The Morgan fingerprint density at radius 1 is 1.21 bits per heavy atom. The largest absolute Gasteiger partial charge is 0.476 e. The first kappa shape index (κ1) is 19.7. The van der Waals surface area contributed by atoms with Crippen LogP contribution in [0.1, 0.15) is 15.9 Å². The van der Waals surface area contributed by atoms with Crippen molar-refractivity contribution in [2.45, 2.75) is 13.0 Å². The predicted octanol–water partition coefficient (Wildman–Crippen LogP) is 1.95. The number of anilines is 2. The van der Waals surface area contributed by atoms with Crippen LogP contribution in [0, 0.1) is 6.92 Å². The number of fused-ring (bicyclic) bond motifs is 1. The maximum absolute atomic E-state index is 12.7. The molecule has 1 aliphatic heterocycles. The fourth-order valence-corrected chi connectivity index (χ4v) is 3.78. The molecule has 0 saturated heterocycles. The summed E-state index contributed by atoms with van der Waals surface area (Å²) in [5, 5.41) is 2.65. The summed E-state index contributed by atoms with van der Waals surface area (Å²) in [6.45, 7) is 1.69. The second-order valence-electron chi connectivity index (χ2n) is 6.43. The number of sulfonamides is 1. The smallest absolute Gasteiger partial charge is 0.337 e. The average Bonchev–Trinajstić information content (AvgIpc) is 2.65. The van der Waals surface area contributed by atoms with Gasteiger partial charge >= 0.3 is 5.97 Å². The highest BCUT2D eigenvalue weighted by molar-refractivity contribution is 7.92. The Morgan fingerprint density at radius 3 is 2.64 bits per heavy atom. The first-order valence-corrected chi connectivity index (χ1v) is 10.3. The third-order valence-corrected chi connectivity index (χ3v) is 5.37. The molecule has 0 fully saturated rings. The summed E-state index contributed by atoms with van der Waals surface area (Å²) in [6.07, 6.45) is 0.0332. The first-order valence-electron chi connectivity index (χ1n) is 8.43. The van der Waals surface area contributed by atoms with Gasteiger partial charge in [-0.05, 0) is 42.8 Å². The molecule has 0 aliphatic carbocycles. The Hall–Kier alpha value is -3.07. The van der Waals surface area contributed by atoms with Gasteiger partial charge in [-0.15, -0.1) is 0 Å². The van der Waals surface area contributed by atoms with Gasteiger partial charge < -0.3 is 14.8 Å². The highest BCUT2D eigenvalue weighted by Crippen LogP contribution is 2.36. The van der Waals surface area contributed by atoms with E-state index in [0.29, 0.717) is 17.1 Å². The van der Waals surface area contributed by atoms with E-state index in [1.54, 1.807) is 36.4 Å². The van der Waals surface area contributed by atoms with Crippen LogP contribution in [0.25, 0.3) is 0 Å². The zero-order valence-corrected chi connectivity index (χ0v) is 16.4. The van der Waals surface area contributed by atoms with Crippen LogP contribution in [0.5, 0.6) is 5.75 Å². The van der Waals surface area contributed by atoms with E-state index in [1.807, 2.05) is 6.92 Å². The number of nitrogens with zero attached hydrogens (tertiary/aromatic N) is 1. The van der Waals surface area contributed by atoms with Gasteiger partial charge in [0.1, 0.15) is 5.75 Å². The van der Waals surface area contributed by atoms with Crippen molar-refractivity contribution in [3.63, 3.8) is 0 Å². The van der Waals surface area contributed by atoms with Crippen LogP contribution in [-0.4, -0.2) is 46.3 Å². The van der Waals surface area contributed by atoms with Crippen molar-refractivity contribution in [1.29, 1.82) is 0 Å². The minimum absolute atomic E-state index is 0.155. The lowest BCUT2D eigenvalue weighted by Crippen LogP contribution is -2.48. The number of esters is 1. The molecule has 0 saturated carbocycles. The number of rotatable bonds is 4. The average molecular weight is 404 g/mol. The molecule has 1 aliphatic rings. The lowest BCUT2D eigenvalue weighted by Gasteiger charge is -2.34. The van der Waals surface area contributed by atoms with Crippen molar-refractivity contribution in [3.8, 4) is 5.75 Å². The molecule has 28 heavy (non-hydrogen) atoms. The lowest BCUT2D eigenvalue weighted by molar-refractivity contribution is -0.122. The standard InChI is InChI=1S/C19H20N2O6S/c1-12-7-8-16-15(9-12)21(28(3,24)25)11-17(27-16)18(22)20-14-6-4-5-13(10-14)19(23)26-2/h4-10,17H,11H2,1-3H3,(H,20,22)/t17-/m1/s1. The minimum atomic E-state index is -3.60. The van der Waals surface area contributed by atoms with Crippen LogP contribution in [0.2, 0.25) is 0 Å². The van der Waals surface area contributed by atoms with Crippen LogP contribution in [0.15, 0.2) is 42.5 Å². The fraction of sp³-hybridized carbons (Fsp3) is 0.263. The number of carbonyl (C=O) groups excluding carboxylic acids is 2. The number of hydrogen-bond acceptors (Lipinski definition) is 6. The van der Waals surface area contributed by atoms with Crippen molar-refractivity contribution in [2.75, 3.05) is 29.5 Å². The van der Waals surface area contributed by atoms with E-state index in [1.165, 1.54) is 13.2 Å². The molecular weight excluding hydrogens is 384 g/mol. The Morgan fingerprint density at radius 2 is 1.96 bits per heavy atom. The molecule has 0 unspecified atom stereocenters. The lowest BCUT2D eigenvalue weighted by atomic mass is 10.1. The Kier molecular flexibility index (Phi) is 5.28. The highest BCUT2D eigenvalue weighted by atomic mass is 32.2. The summed E-state index contributed by atoms with van der Waals surface area (Å²) in [5.41, 5.74) is 1.93. The third kappa shape index (κ3) is 4.09. The molecule has 0 spiro atoms. The molecule has 2 aromatic rings. The molecule has 0 radical (unpaired) electrons. The number of nitrogens with one attached hydrogen (secondary N) is 1. The van der Waals surface area contributed by atoms with Crippen LogP contribution in [0.3, 0.4) is 0 Å². The van der Waals surface area contributed by atoms with Gasteiger partial charge in [0.15, 0.2) is 6.10 Å². The molecule has 9 heteroatoms. The maximum Gasteiger partial charge on any atom is 0.337 e. The van der Waals surface area contributed by atoms with E-state index < -0.39 is 28.0 Å². The normalized spacial score (nSPS) is 16.0. The van der Waals surface area contributed by atoms with Crippen LogP contribution in [-0.2, 0) is 19.6 Å². The van der Waals surface area contributed by atoms with Gasteiger partial charge in [-0.1, -0.05) is 12.1 Å². The molecular formula is C19H20N2O6S. The van der Waals surface area contributed by atoms with Crippen LogP contribution in [0.4, 0.5) is 11.4 Å². The van der Waals surface area contributed by atoms with E-state index >= 15 is 0 Å². The molecule has 0 bridgehead atoms. The van der Waals surface area contributed by atoms with E-state index in [4.69, 9.17) is 4.74 Å². The molecule has 1 amide bonds. The van der Waals surface area contributed by atoms with Gasteiger partial charge in [-0.3, -0.25) is 9.10 Å².